The second-order valence-corrected chi connectivity index (χ2v) is 5.99. The van der Waals surface area contributed by atoms with Gasteiger partial charge >= 0.3 is 0 Å². The van der Waals surface area contributed by atoms with Crippen molar-refractivity contribution in [2.24, 2.45) is 0 Å². The first-order valence-electron chi connectivity index (χ1n) is 8.27. The minimum absolute atomic E-state index is 0.196. The highest BCUT2D eigenvalue weighted by Crippen LogP contribution is 2.37. The Morgan fingerprint density at radius 3 is 1.96 bits per heavy atom. The van der Waals surface area contributed by atoms with Gasteiger partial charge < -0.3 is 9.47 Å². The second kappa shape index (κ2) is 6.48. The lowest BCUT2D eigenvalue weighted by molar-refractivity contribution is 0.0972. The SMILES string of the molecule is COc1cccc2c1C(=O)c1c(OCc3ccccc3)cccc1C2=O. The fourth-order valence-electron chi connectivity index (χ4n) is 3.20. The summed E-state index contributed by atoms with van der Waals surface area (Å²) >= 11 is 0. The molecule has 0 saturated carbocycles. The van der Waals surface area contributed by atoms with Crippen LogP contribution < -0.4 is 9.47 Å². The van der Waals surface area contributed by atoms with Crippen LogP contribution in [0.5, 0.6) is 11.5 Å². The maximum Gasteiger partial charge on any atom is 0.201 e. The van der Waals surface area contributed by atoms with Crippen LogP contribution in [0.25, 0.3) is 0 Å². The van der Waals surface area contributed by atoms with Crippen molar-refractivity contribution in [1.29, 1.82) is 0 Å². The molecule has 1 aliphatic carbocycles. The van der Waals surface area contributed by atoms with Crippen molar-refractivity contribution >= 4 is 11.6 Å². The van der Waals surface area contributed by atoms with Crippen molar-refractivity contribution in [3.8, 4) is 11.5 Å². The van der Waals surface area contributed by atoms with Crippen LogP contribution in [0.4, 0.5) is 0 Å². The molecule has 3 aromatic rings. The smallest absolute Gasteiger partial charge is 0.201 e. The maximum absolute atomic E-state index is 13.2. The third-order valence-corrected chi connectivity index (χ3v) is 4.45. The molecule has 0 aliphatic heterocycles. The van der Waals surface area contributed by atoms with E-state index in [1.807, 2.05) is 30.3 Å². The van der Waals surface area contributed by atoms with Gasteiger partial charge in [0.2, 0.25) is 5.78 Å². The first-order valence-corrected chi connectivity index (χ1v) is 8.27. The summed E-state index contributed by atoms with van der Waals surface area (Å²) in [6.07, 6.45) is 0. The van der Waals surface area contributed by atoms with Gasteiger partial charge in [0.15, 0.2) is 5.78 Å². The van der Waals surface area contributed by atoms with E-state index in [1.165, 1.54) is 7.11 Å². The molecule has 128 valence electrons. The molecule has 4 heteroatoms. The van der Waals surface area contributed by atoms with Crippen molar-refractivity contribution in [3.05, 3.63) is 94.5 Å². The Bertz CT molecular complexity index is 1010. The molecule has 0 radical (unpaired) electrons. The highest BCUT2D eigenvalue weighted by atomic mass is 16.5. The highest BCUT2D eigenvalue weighted by Gasteiger charge is 2.34. The van der Waals surface area contributed by atoms with E-state index < -0.39 is 0 Å². The normalized spacial score (nSPS) is 12.3. The third-order valence-electron chi connectivity index (χ3n) is 4.45. The van der Waals surface area contributed by atoms with E-state index >= 15 is 0 Å². The molecule has 0 unspecified atom stereocenters. The number of fused-ring (bicyclic) bond motifs is 2. The van der Waals surface area contributed by atoms with Crippen LogP contribution in [0.15, 0.2) is 66.7 Å². The Hall–Kier alpha value is -3.40. The number of hydrogen-bond acceptors (Lipinski definition) is 4. The van der Waals surface area contributed by atoms with E-state index in [1.54, 1.807) is 36.4 Å². The molecule has 0 atom stereocenters. The van der Waals surface area contributed by atoms with E-state index in [2.05, 4.69) is 0 Å². The van der Waals surface area contributed by atoms with Crippen LogP contribution in [0.1, 0.15) is 37.4 Å². The van der Waals surface area contributed by atoms with Gasteiger partial charge in [-0.3, -0.25) is 9.59 Å². The molecular weight excluding hydrogens is 328 g/mol. The minimum Gasteiger partial charge on any atom is -0.496 e. The first kappa shape index (κ1) is 16.1. The Balaban J connectivity index is 1.78. The highest BCUT2D eigenvalue weighted by molar-refractivity contribution is 6.30. The van der Waals surface area contributed by atoms with E-state index in [0.717, 1.165) is 5.56 Å². The first-order chi connectivity index (χ1) is 12.7. The van der Waals surface area contributed by atoms with Crippen LogP contribution in [-0.4, -0.2) is 18.7 Å². The Kier molecular flexibility index (Phi) is 4.01. The molecule has 0 saturated heterocycles. The van der Waals surface area contributed by atoms with Gasteiger partial charge in [-0.1, -0.05) is 54.6 Å². The van der Waals surface area contributed by atoms with Crippen LogP contribution in [0, 0.1) is 0 Å². The van der Waals surface area contributed by atoms with Gasteiger partial charge in [0.1, 0.15) is 18.1 Å². The molecule has 4 rings (SSSR count). The van der Waals surface area contributed by atoms with E-state index in [9.17, 15) is 9.59 Å². The fraction of sp³-hybridized carbons (Fsp3) is 0.0909. The van der Waals surface area contributed by atoms with E-state index in [0.29, 0.717) is 40.4 Å². The van der Waals surface area contributed by atoms with Crippen molar-refractivity contribution < 1.29 is 19.1 Å². The summed E-state index contributed by atoms with van der Waals surface area (Å²) in [6, 6.07) is 19.8. The molecule has 0 aromatic heterocycles. The summed E-state index contributed by atoms with van der Waals surface area (Å²) in [5.41, 5.74) is 2.30. The number of hydrogen-bond donors (Lipinski definition) is 0. The van der Waals surface area contributed by atoms with Crippen LogP contribution >= 0.6 is 0 Å². The number of rotatable bonds is 4. The molecule has 0 bridgehead atoms. The number of ether oxygens (including phenoxy) is 2. The van der Waals surface area contributed by atoms with Crippen LogP contribution in [0.2, 0.25) is 0 Å². The molecular formula is C22H16O4. The van der Waals surface area contributed by atoms with Crippen molar-refractivity contribution in [2.45, 2.75) is 6.61 Å². The molecule has 0 fully saturated rings. The zero-order valence-corrected chi connectivity index (χ0v) is 14.2. The van der Waals surface area contributed by atoms with E-state index in [4.69, 9.17) is 9.47 Å². The fourth-order valence-corrected chi connectivity index (χ4v) is 3.20. The van der Waals surface area contributed by atoms with Crippen molar-refractivity contribution in [3.63, 3.8) is 0 Å². The molecule has 1 aliphatic rings. The summed E-state index contributed by atoms with van der Waals surface area (Å²) in [6.45, 7) is 0.317. The van der Waals surface area contributed by atoms with Crippen molar-refractivity contribution in [2.75, 3.05) is 7.11 Å². The number of benzene rings is 3. The Morgan fingerprint density at radius 2 is 1.31 bits per heavy atom. The number of ketones is 2. The Labute approximate surface area is 151 Å². The van der Waals surface area contributed by atoms with Gasteiger partial charge in [-0.2, -0.15) is 0 Å². The predicted molar refractivity (Wildman–Crippen MR) is 97.1 cm³/mol. The molecule has 0 N–H and O–H groups in total. The zero-order valence-electron chi connectivity index (χ0n) is 14.2. The Morgan fingerprint density at radius 1 is 0.692 bits per heavy atom. The predicted octanol–water partition coefficient (Wildman–Crippen LogP) is 4.05. The molecule has 3 aromatic carbocycles. The van der Waals surface area contributed by atoms with Gasteiger partial charge in [-0.05, 0) is 17.7 Å². The summed E-state index contributed by atoms with van der Waals surface area (Å²) in [5.74, 6) is 0.347. The standard InChI is InChI=1S/C22H16O4/c1-25-17-11-5-9-15-19(17)22(24)20-16(21(15)23)10-6-12-18(20)26-13-14-7-3-2-4-8-14/h2-12H,13H2,1H3. The lowest BCUT2D eigenvalue weighted by atomic mass is 9.83. The van der Waals surface area contributed by atoms with Crippen molar-refractivity contribution in [1.82, 2.24) is 0 Å². The lowest BCUT2D eigenvalue weighted by Crippen LogP contribution is -2.22. The number of carbonyl (C=O) groups excluding carboxylic acids is 2. The van der Waals surface area contributed by atoms with Crippen LogP contribution in [0.3, 0.4) is 0 Å². The molecule has 4 nitrogen and oxygen atoms in total. The maximum atomic E-state index is 13.2. The third kappa shape index (κ3) is 2.56. The topological polar surface area (TPSA) is 52.6 Å². The summed E-state index contributed by atoms with van der Waals surface area (Å²) in [5, 5.41) is 0. The summed E-state index contributed by atoms with van der Waals surface area (Å²) < 4.78 is 11.2. The molecule has 0 heterocycles. The molecule has 0 amide bonds. The lowest BCUT2D eigenvalue weighted by Gasteiger charge is -2.21. The van der Waals surface area contributed by atoms with Gasteiger partial charge in [-0.25, -0.2) is 0 Å². The van der Waals surface area contributed by atoms with Crippen LogP contribution in [-0.2, 0) is 6.61 Å². The largest absolute Gasteiger partial charge is 0.496 e. The average molecular weight is 344 g/mol. The van der Waals surface area contributed by atoms with Gasteiger partial charge in [0.25, 0.3) is 0 Å². The number of carbonyl (C=O) groups is 2. The minimum atomic E-state index is -0.254. The molecule has 26 heavy (non-hydrogen) atoms. The summed E-state index contributed by atoms with van der Waals surface area (Å²) in [7, 11) is 1.49. The molecule has 0 spiro atoms. The average Bonchev–Trinajstić information content (AvgIpc) is 2.70. The van der Waals surface area contributed by atoms with E-state index in [-0.39, 0.29) is 11.6 Å². The number of methoxy groups -OCH3 is 1. The van der Waals surface area contributed by atoms with Gasteiger partial charge in [-0.15, -0.1) is 0 Å². The summed E-state index contributed by atoms with van der Waals surface area (Å²) in [4.78, 5) is 26.0. The quantitative estimate of drug-likeness (QED) is 0.560. The second-order valence-electron chi connectivity index (χ2n) is 5.99. The zero-order chi connectivity index (χ0) is 18.1. The van der Waals surface area contributed by atoms with Gasteiger partial charge in [0, 0.05) is 11.1 Å². The monoisotopic (exact) mass is 344 g/mol. The van der Waals surface area contributed by atoms with Gasteiger partial charge in [0.05, 0.1) is 18.2 Å².